The van der Waals surface area contributed by atoms with Crippen molar-refractivity contribution in [2.24, 2.45) is 5.73 Å². The minimum Gasteiger partial charge on any atom is -0.344 e. The van der Waals surface area contributed by atoms with Gasteiger partial charge in [-0.25, -0.2) is 0 Å². The number of aryl methyl sites for hydroxylation is 1. The number of hydrogen-bond acceptors (Lipinski definition) is 2. The molecule has 0 saturated heterocycles. The number of rotatable bonds is 8. The van der Waals surface area contributed by atoms with Crippen LogP contribution in [0.1, 0.15) is 38.2 Å². The summed E-state index contributed by atoms with van der Waals surface area (Å²) in [4.78, 5) is 13.7. The largest absolute Gasteiger partial charge is 0.344 e. The van der Waals surface area contributed by atoms with Crippen LogP contribution >= 0.6 is 0 Å². The first-order chi connectivity index (χ1) is 9.15. The quantitative estimate of drug-likeness (QED) is 0.732. The average molecular weight is 262 g/mol. The zero-order valence-electron chi connectivity index (χ0n) is 12.1. The summed E-state index contributed by atoms with van der Waals surface area (Å²) >= 11 is 0. The van der Waals surface area contributed by atoms with Crippen LogP contribution in [0.15, 0.2) is 30.3 Å². The van der Waals surface area contributed by atoms with Crippen LogP contribution in [0.25, 0.3) is 0 Å². The Balaban J connectivity index is 2.20. The predicted octanol–water partition coefficient (Wildman–Crippen LogP) is 2.60. The molecule has 3 nitrogen and oxygen atoms in total. The van der Waals surface area contributed by atoms with E-state index in [2.05, 4.69) is 24.3 Å². The van der Waals surface area contributed by atoms with E-state index in [9.17, 15) is 4.79 Å². The highest BCUT2D eigenvalue weighted by molar-refractivity contribution is 5.81. The van der Waals surface area contributed by atoms with Crippen molar-refractivity contribution in [2.45, 2.75) is 45.1 Å². The molecule has 0 bridgehead atoms. The Labute approximate surface area is 116 Å². The van der Waals surface area contributed by atoms with Crippen LogP contribution in [0.2, 0.25) is 0 Å². The second-order valence-corrected chi connectivity index (χ2v) is 5.10. The second kappa shape index (κ2) is 8.70. The first-order valence-corrected chi connectivity index (χ1v) is 7.19. The van der Waals surface area contributed by atoms with E-state index in [1.165, 1.54) is 5.56 Å². The van der Waals surface area contributed by atoms with Gasteiger partial charge in [0.15, 0.2) is 0 Å². The number of benzene rings is 1. The van der Waals surface area contributed by atoms with Gasteiger partial charge in [0.2, 0.25) is 5.91 Å². The molecule has 0 spiro atoms. The fourth-order valence-corrected chi connectivity index (χ4v) is 2.15. The lowest BCUT2D eigenvalue weighted by Crippen LogP contribution is -2.42. The highest BCUT2D eigenvalue weighted by Gasteiger charge is 2.16. The van der Waals surface area contributed by atoms with E-state index in [4.69, 9.17) is 5.73 Å². The summed E-state index contributed by atoms with van der Waals surface area (Å²) in [5.74, 6) is 0.0709. The van der Waals surface area contributed by atoms with E-state index < -0.39 is 0 Å². The molecule has 19 heavy (non-hydrogen) atoms. The summed E-state index contributed by atoms with van der Waals surface area (Å²) < 4.78 is 0. The molecule has 1 amide bonds. The monoisotopic (exact) mass is 262 g/mol. The van der Waals surface area contributed by atoms with E-state index in [0.29, 0.717) is 0 Å². The van der Waals surface area contributed by atoms with Gasteiger partial charge >= 0.3 is 0 Å². The maximum absolute atomic E-state index is 11.9. The van der Waals surface area contributed by atoms with Gasteiger partial charge in [-0.1, -0.05) is 43.7 Å². The number of carbonyl (C=O) groups is 1. The molecule has 0 saturated carbocycles. The SMILES string of the molecule is CCCC(N)C(=O)N(C)CCCCc1ccccc1. The zero-order chi connectivity index (χ0) is 14.1. The molecule has 0 aliphatic carbocycles. The van der Waals surface area contributed by atoms with Crippen molar-refractivity contribution in [1.82, 2.24) is 4.90 Å². The summed E-state index contributed by atoms with van der Waals surface area (Å²) in [5, 5.41) is 0. The van der Waals surface area contributed by atoms with Crippen LogP contribution in [-0.2, 0) is 11.2 Å². The van der Waals surface area contributed by atoms with E-state index in [-0.39, 0.29) is 11.9 Å². The first kappa shape index (κ1) is 15.7. The molecule has 1 aromatic rings. The fraction of sp³-hybridized carbons (Fsp3) is 0.562. The molecule has 1 rings (SSSR count). The minimum absolute atomic E-state index is 0.0709. The molecule has 1 atom stereocenters. The van der Waals surface area contributed by atoms with Gasteiger partial charge in [-0.3, -0.25) is 4.79 Å². The Morgan fingerprint density at radius 1 is 1.26 bits per heavy atom. The molecule has 1 aromatic carbocycles. The number of hydrogen-bond donors (Lipinski definition) is 1. The van der Waals surface area contributed by atoms with Crippen molar-refractivity contribution in [2.75, 3.05) is 13.6 Å². The van der Waals surface area contributed by atoms with Crippen molar-refractivity contribution in [1.29, 1.82) is 0 Å². The minimum atomic E-state index is -0.330. The van der Waals surface area contributed by atoms with Crippen molar-refractivity contribution >= 4 is 5.91 Å². The molecule has 106 valence electrons. The Morgan fingerprint density at radius 2 is 1.95 bits per heavy atom. The lowest BCUT2D eigenvalue weighted by molar-refractivity contribution is -0.131. The Bertz CT molecular complexity index is 364. The molecule has 3 heteroatoms. The number of nitrogens with zero attached hydrogens (tertiary/aromatic N) is 1. The van der Waals surface area contributed by atoms with Gasteiger partial charge in [0.05, 0.1) is 6.04 Å². The molecule has 0 fully saturated rings. The average Bonchev–Trinajstić information content (AvgIpc) is 2.44. The topological polar surface area (TPSA) is 46.3 Å². The smallest absolute Gasteiger partial charge is 0.239 e. The fourth-order valence-electron chi connectivity index (χ4n) is 2.15. The summed E-state index contributed by atoms with van der Waals surface area (Å²) in [6.07, 6.45) is 4.92. The summed E-state index contributed by atoms with van der Waals surface area (Å²) in [7, 11) is 1.85. The number of unbranched alkanes of at least 4 members (excludes halogenated alkanes) is 1. The third kappa shape index (κ3) is 5.88. The Hall–Kier alpha value is -1.35. The third-order valence-electron chi connectivity index (χ3n) is 3.34. The van der Waals surface area contributed by atoms with Crippen LogP contribution in [0.4, 0.5) is 0 Å². The molecule has 1 unspecified atom stereocenters. The molecule has 0 aliphatic heterocycles. The van der Waals surface area contributed by atoms with Gasteiger partial charge in [0.1, 0.15) is 0 Å². The molecular formula is C16H26N2O. The van der Waals surface area contributed by atoms with E-state index in [1.807, 2.05) is 20.0 Å². The summed E-state index contributed by atoms with van der Waals surface area (Å²) in [5.41, 5.74) is 7.19. The van der Waals surface area contributed by atoms with E-state index >= 15 is 0 Å². The van der Waals surface area contributed by atoms with Gasteiger partial charge in [-0.05, 0) is 31.2 Å². The van der Waals surface area contributed by atoms with Gasteiger partial charge < -0.3 is 10.6 Å². The van der Waals surface area contributed by atoms with Crippen LogP contribution in [0.5, 0.6) is 0 Å². The maximum Gasteiger partial charge on any atom is 0.239 e. The Morgan fingerprint density at radius 3 is 2.58 bits per heavy atom. The normalized spacial score (nSPS) is 12.2. The summed E-state index contributed by atoms with van der Waals surface area (Å²) in [6, 6.07) is 10.1. The van der Waals surface area contributed by atoms with Crippen LogP contribution in [-0.4, -0.2) is 30.4 Å². The van der Waals surface area contributed by atoms with Crippen molar-refractivity contribution in [3.05, 3.63) is 35.9 Å². The first-order valence-electron chi connectivity index (χ1n) is 7.19. The van der Waals surface area contributed by atoms with E-state index in [0.717, 1.165) is 38.6 Å². The maximum atomic E-state index is 11.9. The number of nitrogens with two attached hydrogens (primary N) is 1. The second-order valence-electron chi connectivity index (χ2n) is 5.10. The zero-order valence-corrected chi connectivity index (χ0v) is 12.1. The lowest BCUT2D eigenvalue weighted by atomic mass is 10.1. The Kier molecular flexibility index (Phi) is 7.19. The predicted molar refractivity (Wildman–Crippen MR) is 79.9 cm³/mol. The van der Waals surface area contributed by atoms with E-state index in [1.54, 1.807) is 4.90 Å². The summed E-state index contributed by atoms with van der Waals surface area (Å²) in [6.45, 7) is 2.84. The van der Waals surface area contributed by atoms with Crippen molar-refractivity contribution in [3.8, 4) is 0 Å². The molecule has 0 aliphatic rings. The van der Waals surface area contributed by atoms with Crippen LogP contribution in [0.3, 0.4) is 0 Å². The number of likely N-dealkylation sites (N-methyl/N-ethyl adjacent to an activating group) is 1. The molecular weight excluding hydrogens is 236 g/mol. The van der Waals surface area contributed by atoms with Gasteiger partial charge in [0.25, 0.3) is 0 Å². The van der Waals surface area contributed by atoms with Crippen molar-refractivity contribution < 1.29 is 4.79 Å². The standard InChI is InChI=1S/C16H26N2O/c1-3-9-15(17)16(19)18(2)13-8-7-12-14-10-5-4-6-11-14/h4-6,10-11,15H,3,7-9,12-13,17H2,1-2H3. The third-order valence-corrected chi connectivity index (χ3v) is 3.34. The van der Waals surface area contributed by atoms with Gasteiger partial charge in [0, 0.05) is 13.6 Å². The van der Waals surface area contributed by atoms with Gasteiger partial charge in [-0.15, -0.1) is 0 Å². The van der Waals surface area contributed by atoms with Crippen molar-refractivity contribution in [3.63, 3.8) is 0 Å². The molecule has 0 radical (unpaired) electrons. The highest BCUT2D eigenvalue weighted by Crippen LogP contribution is 2.06. The van der Waals surface area contributed by atoms with Gasteiger partial charge in [-0.2, -0.15) is 0 Å². The molecule has 2 N–H and O–H groups in total. The highest BCUT2D eigenvalue weighted by atomic mass is 16.2. The number of carbonyl (C=O) groups excluding carboxylic acids is 1. The van der Waals surface area contributed by atoms with Crippen LogP contribution < -0.4 is 5.73 Å². The molecule has 0 heterocycles. The number of amides is 1. The van der Waals surface area contributed by atoms with Crippen LogP contribution in [0, 0.1) is 0 Å². The molecule has 0 aromatic heterocycles. The lowest BCUT2D eigenvalue weighted by Gasteiger charge is -2.21.